The fourth-order valence-electron chi connectivity index (χ4n) is 3.70. The van der Waals surface area contributed by atoms with Gasteiger partial charge in [-0.3, -0.25) is 14.8 Å². The summed E-state index contributed by atoms with van der Waals surface area (Å²) in [5, 5.41) is 25.7. The lowest BCUT2D eigenvalue weighted by Gasteiger charge is -2.25. The molecule has 0 bridgehead atoms. The van der Waals surface area contributed by atoms with Gasteiger partial charge in [0.05, 0.1) is 39.5 Å². The topological polar surface area (TPSA) is 125 Å². The molecule has 2 saturated heterocycles. The van der Waals surface area contributed by atoms with Gasteiger partial charge in [-0.25, -0.2) is 0 Å². The molecule has 0 aromatic carbocycles. The van der Waals surface area contributed by atoms with Gasteiger partial charge in [-0.05, 0) is 22.6 Å². The van der Waals surface area contributed by atoms with E-state index in [4.69, 9.17) is 9.47 Å². The zero-order valence-electron chi connectivity index (χ0n) is 18.0. The van der Waals surface area contributed by atoms with Crippen LogP contribution in [0.4, 0.5) is 0 Å². The lowest BCUT2D eigenvalue weighted by atomic mass is 10.2. The van der Waals surface area contributed by atoms with Crippen molar-refractivity contribution in [3.05, 3.63) is 18.3 Å². The summed E-state index contributed by atoms with van der Waals surface area (Å²) in [5.74, 6) is 1.03. The molecular weight excluding hydrogens is 414 g/mol. The Labute approximate surface area is 185 Å². The van der Waals surface area contributed by atoms with Crippen molar-refractivity contribution < 1.29 is 9.47 Å². The average molecular weight is 442 g/mol. The maximum Gasteiger partial charge on any atom is 0.223 e. The first-order valence-electron chi connectivity index (χ1n) is 11.0. The van der Waals surface area contributed by atoms with E-state index in [9.17, 15) is 0 Å². The molecule has 3 aromatic rings. The maximum atomic E-state index is 5.38. The van der Waals surface area contributed by atoms with E-state index in [1.54, 1.807) is 15.8 Å². The molecule has 0 spiro atoms. The molecule has 13 nitrogen and oxygen atoms in total. The molecule has 2 fully saturated rings. The van der Waals surface area contributed by atoms with E-state index in [1.165, 1.54) is 0 Å². The normalized spacial score (nSPS) is 18.2. The monoisotopic (exact) mass is 441 g/mol. The third kappa shape index (κ3) is 5.30. The number of nitrogens with zero attached hydrogens (tertiary/aromatic N) is 11. The Bertz CT molecular complexity index is 919. The number of rotatable bonds is 8. The van der Waals surface area contributed by atoms with Crippen molar-refractivity contribution in [3.8, 4) is 22.9 Å². The van der Waals surface area contributed by atoms with Gasteiger partial charge in [-0.1, -0.05) is 0 Å². The summed E-state index contributed by atoms with van der Waals surface area (Å²) in [5.41, 5.74) is 1.45. The van der Waals surface area contributed by atoms with Gasteiger partial charge in [-0.2, -0.15) is 9.59 Å². The van der Waals surface area contributed by atoms with Crippen LogP contribution in [0.5, 0.6) is 0 Å². The van der Waals surface area contributed by atoms with Crippen molar-refractivity contribution >= 4 is 0 Å². The van der Waals surface area contributed by atoms with E-state index in [0.717, 1.165) is 71.3 Å². The highest BCUT2D eigenvalue weighted by Crippen LogP contribution is 2.18. The molecule has 13 heteroatoms. The van der Waals surface area contributed by atoms with Crippen molar-refractivity contribution in [2.75, 3.05) is 65.7 Å². The first-order valence-corrected chi connectivity index (χ1v) is 11.0. The van der Waals surface area contributed by atoms with Crippen LogP contribution in [0.3, 0.4) is 0 Å². The van der Waals surface area contributed by atoms with Crippen LogP contribution >= 0.6 is 0 Å². The van der Waals surface area contributed by atoms with E-state index in [0.29, 0.717) is 30.4 Å². The van der Waals surface area contributed by atoms with E-state index in [-0.39, 0.29) is 0 Å². The fourth-order valence-corrected chi connectivity index (χ4v) is 3.70. The van der Waals surface area contributed by atoms with Crippen molar-refractivity contribution in [2.45, 2.75) is 13.1 Å². The van der Waals surface area contributed by atoms with Crippen LogP contribution in [0.15, 0.2) is 18.3 Å². The molecule has 170 valence electrons. The summed E-state index contributed by atoms with van der Waals surface area (Å²) < 4.78 is 10.8. The third-order valence-corrected chi connectivity index (χ3v) is 5.59. The first kappa shape index (κ1) is 21.0. The Morgan fingerprint density at radius 3 is 1.91 bits per heavy atom. The molecule has 2 aliphatic rings. The Balaban J connectivity index is 1.20. The lowest BCUT2D eigenvalue weighted by Crippen LogP contribution is -2.38. The number of tetrazole rings is 2. The van der Waals surface area contributed by atoms with Crippen molar-refractivity contribution in [1.29, 1.82) is 0 Å². The Morgan fingerprint density at radius 1 is 0.719 bits per heavy atom. The van der Waals surface area contributed by atoms with Crippen LogP contribution in [-0.2, 0) is 22.6 Å². The van der Waals surface area contributed by atoms with Crippen LogP contribution in [0.25, 0.3) is 22.9 Å². The SMILES string of the molecule is c1cc(-c2nnn(CCN3CCOCC3)n2)cc(-c2nnn(CCN3CCOCC3)n2)n1. The second kappa shape index (κ2) is 10.2. The second-order valence-electron chi connectivity index (χ2n) is 7.76. The summed E-state index contributed by atoms with van der Waals surface area (Å²) in [6, 6.07) is 3.72. The smallest absolute Gasteiger partial charge is 0.223 e. The zero-order valence-corrected chi connectivity index (χ0v) is 18.0. The van der Waals surface area contributed by atoms with Gasteiger partial charge < -0.3 is 9.47 Å². The zero-order chi connectivity index (χ0) is 21.6. The van der Waals surface area contributed by atoms with Crippen molar-refractivity contribution in [3.63, 3.8) is 0 Å². The van der Waals surface area contributed by atoms with Gasteiger partial charge in [0.1, 0.15) is 5.69 Å². The number of ether oxygens (including phenoxy) is 2. The van der Waals surface area contributed by atoms with Crippen LogP contribution < -0.4 is 0 Å². The summed E-state index contributed by atoms with van der Waals surface area (Å²) in [6.07, 6.45) is 1.70. The molecular formula is C19H27N11O2. The highest BCUT2D eigenvalue weighted by molar-refractivity contribution is 5.61. The Morgan fingerprint density at radius 2 is 1.28 bits per heavy atom. The Hall–Kier alpha value is -2.87. The second-order valence-corrected chi connectivity index (χ2v) is 7.76. The largest absolute Gasteiger partial charge is 0.379 e. The van der Waals surface area contributed by atoms with Crippen LogP contribution in [0.1, 0.15) is 0 Å². The summed E-state index contributed by atoms with van der Waals surface area (Å²) in [6.45, 7) is 9.96. The van der Waals surface area contributed by atoms with Gasteiger partial charge in [0, 0.05) is 51.0 Å². The first-order chi connectivity index (χ1) is 15.8. The predicted octanol–water partition coefficient (Wildman–Crippen LogP) is -0.947. The molecule has 32 heavy (non-hydrogen) atoms. The third-order valence-electron chi connectivity index (χ3n) is 5.59. The van der Waals surface area contributed by atoms with E-state index < -0.39 is 0 Å². The summed E-state index contributed by atoms with van der Waals surface area (Å²) in [7, 11) is 0. The van der Waals surface area contributed by atoms with Crippen LogP contribution in [0.2, 0.25) is 0 Å². The number of pyridine rings is 1. The lowest BCUT2D eigenvalue weighted by molar-refractivity contribution is 0.0353. The number of morpholine rings is 2. The number of hydrogen-bond donors (Lipinski definition) is 0. The van der Waals surface area contributed by atoms with Gasteiger partial charge in [0.15, 0.2) is 0 Å². The maximum absolute atomic E-state index is 5.38. The van der Waals surface area contributed by atoms with Gasteiger partial charge in [0.2, 0.25) is 11.6 Å². The molecule has 0 saturated carbocycles. The molecule has 0 N–H and O–H groups in total. The molecule has 0 amide bonds. The fraction of sp³-hybridized carbons (Fsp3) is 0.632. The molecule has 0 unspecified atom stereocenters. The van der Waals surface area contributed by atoms with Crippen molar-refractivity contribution in [1.82, 2.24) is 55.2 Å². The predicted molar refractivity (Wildman–Crippen MR) is 112 cm³/mol. The standard InChI is InChI=1S/C19H27N11O2/c1-2-20-17(19-22-26-30(24-19)6-4-28-9-13-32-14-10-28)15-16(1)18-21-25-29(23-18)5-3-27-7-11-31-12-8-27/h1-2,15H,3-14H2. The van der Waals surface area contributed by atoms with Crippen molar-refractivity contribution in [2.24, 2.45) is 0 Å². The molecule has 0 atom stereocenters. The highest BCUT2D eigenvalue weighted by Gasteiger charge is 2.15. The molecule has 3 aromatic heterocycles. The minimum atomic E-state index is 0.480. The summed E-state index contributed by atoms with van der Waals surface area (Å²) >= 11 is 0. The van der Waals surface area contributed by atoms with E-state index in [2.05, 4.69) is 45.6 Å². The molecule has 2 aliphatic heterocycles. The quantitative estimate of drug-likeness (QED) is 0.430. The molecule has 5 rings (SSSR count). The summed E-state index contributed by atoms with van der Waals surface area (Å²) in [4.78, 5) is 12.3. The van der Waals surface area contributed by atoms with Gasteiger partial charge >= 0.3 is 0 Å². The van der Waals surface area contributed by atoms with Gasteiger partial charge in [0.25, 0.3) is 0 Å². The highest BCUT2D eigenvalue weighted by atomic mass is 16.5. The number of aromatic nitrogens is 9. The number of hydrogen-bond acceptors (Lipinski definition) is 11. The van der Waals surface area contributed by atoms with E-state index in [1.807, 2.05) is 12.1 Å². The minimum Gasteiger partial charge on any atom is -0.379 e. The van der Waals surface area contributed by atoms with E-state index >= 15 is 0 Å². The van der Waals surface area contributed by atoms with Crippen LogP contribution in [0, 0.1) is 0 Å². The Kier molecular flexibility index (Phi) is 6.67. The molecule has 0 radical (unpaired) electrons. The average Bonchev–Trinajstić information content (AvgIpc) is 3.53. The van der Waals surface area contributed by atoms with Gasteiger partial charge in [-0.15, -0.1) is 20.4 Å². The minimum absolute atomic E-state index is 0.480. The molecule has 0 aliphatic carbocycles. The van der Waals surface area contributed by atoms with Crippen LogP contribution in [-0.4, -0.2) is 121 Å². The molecule has 5 heterocycles.